The number of rotatable bonds is 10. The van der Waals surface area contributed by atoms with Crippen LogP contribution in [0.1, 0.15) is 84.0 Å². The Balaban J connectivity index is 0.00000235. The van der Waals surface area contributed by atoms with Gasteiger partial charge in [-0.15, -0.1) is 0 Å². The lowest BCUT2D eigenvalue weighted by Crippen LogP contribution is -2.27. The number of methoxy groups -OCH3 is 1. The molecule has 0 N–H and O–H groups in total. The van der Waals surface area contributed by atoms with E-state index in [1.54, 1.807) is 36.9 Å². The molecule has 3 rings (SSSR count). The summed E-state index contributed by atoms with van der Waals surface area (Å²) in [5.74, 6) is 1.51. The van der Waals surface area contributed by atoms with Gasteiger partial charge in [-0.2, -0.15) is 5.26 Å². The number of ether oxygens (including phenoxy) is 1. The van der Waals surface area contributed by atoms with Crippen LogP contribution in [0, 0.1) is 23.1 Å². The van der Waals surface area contributed by atoms with Gasteiger partial charge in [0.2, 0.25) is 0 Å². The third kappa shape index (κ3) is 7.29. The van der Waals surface area contributed by atoms with Crippen LogP contribution in [0.15, 0.2) is 47.3 Å². The molecule has 0 fully saturated rings. The number of nitrogens with zero attached hydrogens (tertiary/aromatic N) is 3. The predicted octanol–water partition coefficient (Wildman–Crippen LogP) is 7.87. The van der Waals surface area contributed by atoms with Crippen LogP contribution in [0.5, 0.6) is 5.75 Å². The van der Waals surface area contributed by atoms with Crippen LogP contribution in [0.2, 0.25) is 0 Å². The lowest BCUT2D eigenvalue weighted by molar-refractivity contribution is 0.415. The molecule has 0 aliphatic carbocycles. The Bertz CT molecular complexity index is 1260. The molecule has 2 aromatic carbocycles. The van der Waals surface area contributed by atoms with E-state index in [2.05, 4.69) is 20.8 Å². The molecule has 5 nitrogen and oxygen atoms in total. The van der Waals surface area contributed by atoms with Gasteiger partial charge < -0.3 is 4.74 Å². The van der Waals surface area contributed by atoms with Crippen LogP contribution in [-0.4, -0.2) is 16.7 Å². The second kappa shape index (κ2) is 14.3. The summed E-state index contributed by atoms with van der Waals surface area (Å²) in [5.41, 5.74) is 1.77. The first-order valence-electron chi connectivity index (χ1n) is 13.3. The van der Waals surface area contributed by atoms with Crippen LogP contribution in [0.25, 0.3) is 22.4 Å². The molecule has 1 heterocycles. The molecule has 3 aromatic rings. The summed E-state index contributed by atoms with van der Waals surface area (Å²) in [6.07, 6.45) is 5.01. The Hall–Kier alpha value is -3.46. The Morgan fingerprint density at radius 3 is 2.24 bits per heavy atom. The highest BCUT2D eigenvalue weighted by atomic mass is 19.1. The van der Waals surface area contributed by atoms with Crippen LogP contribution in [0.4, 0.5) is 4.39 Å². The lowest BCUT2D eigenvalue weighted by Gasteiger charge is -2.22. The van der Waals surface area contributed by atoms with Crippen molar-refractivity contribution in [3.05, 3.63) is 70.0 Å². The van der Waals surface area contributed by atoms with Crippen LogP contribution in [0.3, 0.4) is 0 Å². The average Bonchev–Trinajstić information content (AvgIpc) is 2.90. The van der Waals surface area contributed by atoms with Crippen molar-refractivity contribution >= 4 is 0 Å². The maximum absolute atomic E-state index is 14.6. The molecule has 0 spiro atoms. The first kappa shape index (κ1) is 29.8. The third-order valence-electron chi connectivity index (χ3n) is 6.40. The van der Waals surface area contributed by atoms with Gasteiger partial charge in [-0.3, -0.25) is 9.36 Å². The molecule has 0 aliphatic rings. The molecule has 0 saturated carbocycles. The normalized spacial score (nSPS) is 11.5. The fraction of sp³-hybridized carbons (Fsp3) is 0.452. The zero-order valence-electron chi connectivity index (χ0n) is 23.3. The second-order valence-electron chi connectivity index (χ2n) is 9.40. The molecule has 1 aromatic heterocycles. The smallest absolute Gasteiger partial charge is 0.261 e. The highest BCUT2D eigenvalue weighted by molar-refractivity contribution is 5.80. The minimum Gasteiger partial charge on any atom is -0.497 e. The minimum absolute atomic E-state index is 0.0404. The topological polar surface area (TPSA) is 67.9 Å². The van der Waals surface area contributed by atoms with E-state index in [1.165, 1.54) is 12.1 Å². The number of benzene rings is 2. The molecular weight excluding hydrogens is 465 g/mol. The number of halogens is 1. The number of aromatic nitrogens is 2. The molecule has 1 atom stereocenters. The van der Waals surface area contributed by atoms with E-state index in [-0.39, 0.29) is 17.0 Å². The summed E-state index contributed by atoms with van der Waals surface area (Å²) in [6, 6.07) is 13.5. The van der Waals surface area contributed by atoms with Crippen molar-refractivity contribution in [2.24, 2.45) is 13.0 Å². The fourth-order valence-electron chi connectivity index (χ4n) is 4.49. The molecule has 6 heteroatoms. The van der Waals surface area contributed by atoms with E-state index in [9.17, 15) is 9.18 Å². The summed E-state index contributed by atoms with van der Waals surface area (Å²) in [4.78, 5) is 18.8. The van der Waals surface area contributed by atoms with Crippen molar-refractivity contribution in [1.82, 2.24) is 9.55 Å². The van der Waals surface area contributed by atoms with E-state index < -0.39 is 5.82 Å². The number of nitriles is 1. The molecule has 37 heavy (non-hydrogen) atoms. The Morgan fingerprint density at radius 1 is 1.05 bits per heavy atom. The number of hydrogen-bond acceptors (Lipinski definition) is 4. The van der Waals surface area contributed by atoms with E-state index in [1.807, 2.05) is 32.0 Å². The van der Waals surface area contributed by atoms with E-state index in [0.29, 0.717) is 34.1 Å². The highest BCUT2D eigenvalue weighted by Gasteiger charge is 2.23. The third-order valence-corrected chi connectivity index (χ3v) is 6.40. The molecule has 0 bridgehead atoms. The van der Waals surface area contributed by atoms with Crippen LogP contribution >= 0.6 is 0 Å². The summed E-state index contributed by atoms with van der Waals surface area (Å²) < 4.78 is 21.5. The van der Waals surface area contributed by atoms with Gasteiger partial charge in [0.1, 0.15) is 23.5 Å². The van der Waals surface area contributed by atoms with E-state index >= 15 is 0 Å². The molecule has 0 amide bonds. The average molecular weight is 506 g/mol. The molecule has 0 saturated heterocycles. The lowest BCUT2D eigenvalue weighted by atomic mass is 9.92. The van der Waals surface area contributed by atoms with Gasteiger partial charge >= 0.3 is 0 Å². The minimum atomic E-state index is -0.628. The molecular formula is C31H40FN3O2. The van der Waals surface area contributed by atoms with Crippen molar-refractivity contribution in [3.63, 3.8) is 0 Å². The van der Waals surface area contributed by atoms with Crippen molar-refractivity contribution in [2.45, 2.75) is 72.6 Å². The quantitative estimate of drug-likeness (QED) is 0.281. The van der Waals surface area contributed by atoms with Gasteiger partial charge in [0.15, 0.2) is 0 Å². The largest absolute Gasteiger partial charge is 0.497 e. The summed E-state index contributed by atoms with van der Waals surface area (Å²) in [7, 11) is 3.36. The van der Waals surface area contributed by atoms with Gasteiger partial charge in [-0.25, -0.2) is 9.37 Å². The zero-order valence-corrected chi connectivity index (χ0v) is 23.3. The summed E-state index contributed by atoms with van der Waals surface area (Å²) in [6.45, 7) is 10.6. The summed E-state index contributed by atoms with van der Waals surface area (Å²) in [5, 5.41) is 9.17. The zero-order chi connectivity index (χ0) is 27.5. The molecule has 1 unspecified atom stereocenters. The van der Waals surface area contributed by atoms with Crippen LogP contribution in [-0.2, 0) is 7.05 Å². The first-order chi connectivity index (χ1) is 17.8. The Labute approximate surface area is 221 Å². The summed E-state index contributed by atoms with van der Waals surface area (Å²) >= 11 is 0. The van der Waals surface area contributed by atoms with Crippen molar-refractivity contribution in [2.75, 3.05) is 7.11 Å². The predicted molar refractivity (Wildman–Crippen MR) is 149 cm³/mol. The van der Waals surface area contributed by atoms with Gasteiger partial charge in [-0.1, -0.05) is 72.1 Å². The highest BCUT2D eigenvalue weighted by Crippen LogP contribution is 2.33. The molecule has 0 aliphatic heterocycles. The SMILES string of the molecule is CC.CCCC(CCCC(C)C)c1nc(-c2ccc(C#N)c(F)c2)c(-c2ccc(OC)cc2)c(=O)n1C. The van der Waals surface area contributed by atoms with Gasteiger partial charge in [0.25, 0.3) is 5.56 Å². The standard InChI is InChI=1S/C29H34FN3O2.C2H6/c1-6-8-21(10-7-9-19(2)3)28-32-27(22-11-12-23(18-31)25(30)17-22)26(29(34)33(28)4)20-13-15-24(35-5)16-14-20;1-2/h11-17,19,21H,6-10H2,1-5H3;1-2H3. The van der Waals surface area contributed by atoms with Crippen LogP contribution < -0.4 is 10.3 Å². The Kier molecular flexibility index (Phi) is 11.5. The van der Waals surface area contributed by atoms with Crippen molar-refractivity contribution in [1.29, 1.82) is 5.26 Å². The van der Waals surface area contributed by atoms with Crippen molar-refractivity contribution < 1.29 is 9.13 Å². The molecule has 198 valence electrons. The monoisotopic (exact) mass is 505 g/mol. The van der Waals surface area contributed by atoms with Gasteiger partial charge in [0, 0.05) is 18.5 Å². The van der Waals surface area contributed by atoms with Gasteiger partial charge in [-0.05, 0) is 48.6 Å². The van der Waals surface area contributed by atoms with Crippen molar-refractivity contribution in [3.8, 4) is 34.2 Å². The first-order valence-corrected chi connectivity index (χ1v) is 13.3. The fourth-order valence-corrected chi connectivity index (χ4v) is 4.49. The molecule has 0 radical (unpaired) electrons. The maximum atomic E-state index is 14.6. The Morgan fingerprint density at radius 2 is 1.70 bits per heavy atom. The van der Waals surface area contributed by atoms with Gasteiger partial charge in [0.05, 0.1) is 23.9 Å². The second-order valence-corrected chi connectivity index (χ2v) is 9.40. The van der Waals surface area contributed by atoms with E-state index in [0.717, 1.165) is 37.9 Å². The maximum Gasteiger partial charge on any atom is 0.261 e. The van der Waals surface area contributed by atoms with E-state index in [4.69, 9.17) is 15.0 Å². The number of hydrogen-bond donors (Lipinski definition) is 0.